The predicted molar refractivity (Wildman–Crippen MR) is 70.6 cm³/mol. The summed E-state index contributed by atoms with van der Waals surface area (Å²) in [6, 6.07) is 2.01. The second-order valence-electron chi connectivity index (χ2n) is 4.71. The van der Waals surface area contributed by atoms with Gasteiger partial charge in [0, 0.05) is 19.5 Å². The second-order valence-corrected chi connectivity index (χ2v) is 5.12. The molecule has 108 valence electrons. The van der Waals surface area contributed by atoms with Gasteiger partial charge in [-0.3, -0.25) is 14.9 Å². The highest BCUT2D eigenvalue weighted by molar-refractivity contribution is 6.31. The molecule has 20 heavy (non-hydrogen) atoms. The molecule has 2 rings (SSSR count). The summed E-state index contributed by atoms with van der Waals surface area (Å²) in [6.45, 7) is 0.871. The molecule has 1 saturated heterocycles. The van der Waals surface area contributed by atoms with Crippen LogP contribution in [0.2, 0.25) is 5.02 Å². The van der Waals surface area contributed by atoms with E-state index in [1.54, 1.807) is 4.90 Å². The number of benzene rings is 1. The van der Waals surface area contributed by atoms with Gasteiger partial charge < -0.3 is 10.0 Å². The lowest BCUT2D eigenvalue weighted by atomic mass is 10.1. The van der Waals surface area contributed by atoms with Crippen molar-refractivity contribution in [1.29, 1.82) is 0 Å². The Morgan fingerprint density at radius 2 is 2.30 bits per heavy atom. The molecule has 8 heteroatoms. The number of carboxylic acids is 1. The van der Waals surface area contributed by atoms with Crippen LogP contribution in [0.5, 0.6) is 0 Å². The molecule has 1 unspecified atom stereocenters. The summed E-state index contributed by atoms with van der Waals surface area (Å²) in [5.74, 6) is -1.82. The van der Waals surface area contributed by atoms with Crippen LogP contribution in [0.4, 0.5) is 15.8 Å². The van der Waals surface area contributed by atoms with Crippen molar-refractivity contribution in [1.82, 2.24) is 0 Å². The van der Waals surface area contributed by atoms with E-state index in [0.717, 1.165) is 6.07 Å². The van der Waals surface area contributed by atoms with Gasteiger partial charge in [-0.05, 0) is 18.4 Å². The van der Waals surface area contributed by atoms with Crippen LogP contribution in [0.1, 0.15) is 12.8 Å². The molecule has 0 amide bonds. The van der Waals surface area contributed by atoms with Gasteiger partial charge in [0.25, 0.3) is 5.69 Å². The molecule has 1 aromatic carbocycles. The maximum atomic E-state index is 13.3. The van der Waals surface area contributed by atoms with E-state index in [9.17, 15) is 19.3 Å². The fourth-order valence-electron chi connectivity index (χ4n) is 2.39. The molecule has 0 saturated carbocycles. The Kier molecular flexibility index (Phi) is 4.08. The topological polar surface area (TPSA) is 83.7 Å². The smallest absolute Gasteiger partial charge is 0.303 e. The summed E-state index contributed by atoms with van der Waals surface area (Å²) in [5, 5.41) is 19.5. The van der Waals surface area contributed by atoms with E-state index in [1.807, 2.05) is 0 Å². The van der Waals surface area contributed by atoms with Gasteiger partial charge in [0.15, 0.2) is 0 Å². The van der Waals surface area contributed by atoms with Crippen LogP contribution in [-0.4, -0.2) is 29.1 Å². The van der Waals surface area contributed by atoms with E-state index in [1.165, 1.54) is 6.07 Å². The number of hydrogen-bond acceptors (Lipinski definition) is 4. The molecule has 1 heterocycles. The molecule has 1 aliphatic rings. The first-order valence-corrected chi connectivity index (χ1v) is 6.36. The van der Waals surface area contributed by atoms with Gasteiger partial charge >= 0.3 is 5.97 Å². The number of nitro benzene ring substituents is 1. The third kappa shape index (κ3) is 2.98. The van der Waals surface area contributed by atoms with Crippen LogP contribution in [0.25, 0.3) is 0 Å². The Balaban J connectivity index is 2.27. The summed E-state index contributed by atoms with van der Waals surface area (Å²) in [5.41, 5.74) is -0.128. The minimum atomic E-state index is -0.900. The van der Waals surface area contributed by atoms with Gasteiger partial charge in [-0.2, -0.15) is 0 Å². The molecule has 0 bridgehead atoms. The van der Waals surface area contributed by atoms with Crippen LogP contribution in [-0.2, 0) is 4.79 Å². The van der Waals surface area contributed by atoms with Crippen molar-refractivity contribution in [3.8, 4) is 0 Å². The third-order valence-electron chi connectivity index (χ3n) is 3.30. The first-order valence-electron chi connectivity index (χ1n) is 5.98. The lowest BCUT2D eigenvalue weighted by Crippen LogP contribution is -2.21. The maximum Gasteiger partial charge on any atom is 0.303 e. The van der Waals surface area contributed by atoms with Crippen molar-refractivity contribution in [2.75, 3.05) is 18.0 Å². The fraction of sp³-hybridized carbons (Fsp3) is 0.417. The Bertz CT molecular complexity index is 567. The molecule has 0 aliphatic carbocycles. The highest BCUT2D eigenvalue weighted by Gasteiger charge is 2.29. The first-order chi connectivity index (χ1) is 9.38. The lowest BCUT2D eigenvalue weighted by molar-refractivity contribution is -0.384. The monoisotopic (exact) mass is 302 g/mol. The third-order valence-corrected chi connectivity index (χ3v) is 3.59. The number of carbonyl (C=O) groups is 1. The van der Waals surface area contributed by atoms with Crippen molar-refractivity contribution in [2.24, 2.45) is 5.92 Å². The summed E-state index contributed by atoms with van der Waals surface area (Å²) < 4.78 is 13.3. The second kappa shape index (κ2) is 5.62. The summed E-state index contributed by atoms with van der Waals surface area (Å²) in [4.78, 5) is 22.7. The number of rotatable bonds is 4. The normalized spacial score (nSPS) is 18.3. The van der Waals surface area contributed by atoms with E-state index in [-0.39, 0.29) is 28.7 Å². The molecule has 0 aromatic heterocycles. The molecule has 1 N–H and O–H groups in total. The van der Waals surface area contributed by atoms with Crippen LogP contribution in [0.3, 0.4) is 0 Å². The van der Waals surface area contributed by atoms with E-state index in [2.05, 4.69) is 0 Å². The lowest BCUT2D eigenvalue weighted by Gasteiger charge is -2.18. The number of aliphatic carboxylic acids is 1. The molecule has 1 fully saturated rings. The van der Waals surface area contributed by atoms with Crippen molar-refractivity contribution >= 4 is 28.9 Å². The van der Waals surface area contributed by atoms with Gasteiger partial charge in [0.1, 0.15) is 11.5 Å². The Hall–Kier alpha value is -1.89. The predicted octanol–water partition coefficient (Wildman–Crippen LogP) is 2.69. The summed E-state index contributed by atoms with van der Waals surface area (Å²) >= 11 is 5.67. The maximum absolute atomic E-state index is 13.3. The molecular weight excluding hydrogens is 291 g/mol. The average Bonchev–Trinajstić information content (AvgIpc) is 2.79. The molecule has 1 atom stereocenters. The largest absolute Gasteiger partial charge is 0.481 e. The van der Waals surface area contributed by atoms with E-state index < -0.39 is 16.7 Å². The Morgan fingerprint density at radius 1 is 1.60 bits per heavy atom. The van der Waals surface area contributed by atoms with Crippen LogP contribution < -0.4 is 4.90 Å². The zero-order chi connectivity index (χ0) is 14.9. The number of hydrogen-bond donors (Lipinski definition) is 1. The highest BCUT2D eigenvalue weighted by Crippen LogP contribution is 2.36. The highest BCUT2D eigenvalue weighted by atomic mass is 35.5. The van der Waals surface area contributed by atoms with Crippen molar-refractivity contribution in [3.63, 3.8) is 0 Å². The molecule has 0 spiro atoms. The summed E-state index contributed by atoms with van der Waals surface area (Å²) in [6.07, 6.45) is 0.637. The standard InChI is InChI=1S/C12H12ClFN2O4/c13-8-4-10(11(16(19)20)5-9(8)14)15-2-1-7(6-15)3-12(17)18/h4-5,7H,1-3,6H2,(H,17,18). The molecule has 1 aromatic rings. The van der Waals surface area contributed by atoms with E-state index in [0.29, 0.717) is 19.5 Å². The SMILES string of the molecule is O=C(O)CC1CCN(c2cc(Cl)c(F)cc2[N+](=O)[O-])C1. The van der Waals surface area contributed by atoms with Crippen LogP contribution in [0, 0.1) is 21.8 Å². The first kappa shape index (κ1) is 14.5. The van der Waals surface area contributed by atoms with Gasteiger partial charge in [0.2, 0.25) is 0 Å². The number of carboxylic acid groups (broad SMARTS) is 1. The average molecular weight is 303 g/mol. The zero-order valence-electron chi connectivity index (χ0n) is 10.4. The minimum absolute atomic E-state index is 0.0131. The van der Waals surface area contributed by atoms with Crippen molar-refractivity contribution in [3.05, 3.63) is 33.1 Å². The van der Waals surface area contributed by atoms with Crippen molar-refractivity contribution < 1.29 is 19.2 Å². The van der Waals surface area contributed by atoms with E-state index >= 15 is 0 Å². The molecular formula is C12H12ClFN2O4. The van der Waals surface area contributed by atoms with Gasteiger partial charge in [-0.25, -0.2) is 4.39 Å². The van der Waals surface area contributed by atoms with Crippen molar-refractivity contribution in [2.45, 2.75) is 12.8 Å². The fourth-order valence-corrected chi connectivity index (χ4v) is 2.55. The van der Waals surface area contributed by atoms with Gasteiger partial charge in [0.05, 0.1) is 16.0 Å². The van der Waals surface area contributed by atoms with Crippen LogP contribution in [0.15, 0.2) is 12.1 Å². The minimum Gasteiger partial charge on any atom is -0.481 e. The molecule has 6 nitrogen and oxygen atoms in total. The number of nitrogens with zero attached hydrogens (tertiary/aromatic N) is 2. The van der Waals surface area contributed by atoms with E-state index in [4.69, 9.17) is 16.7 Å². The quantitative estimate of drug-likeness (QED) is 0.683. The molecule has 1 aliphatic heterocycles. The molecule has 0 radical (unpaired) electrons. The van der Waals surface area contributed by atoms with Gasteiger partial charge in [-0.1, -0.05) is 11.6 Å². The number of anilines is 1. The van der Waals surface area contributed by atoms with Crippen LogP contribution >= 0.6 is 11.6 Å². The Morgan fingerprint density at radius 3 is 2.90 bits per heavy atom. The summed E-state index contributed by atoms with van der Waals surface area (Å²) in [7, 11) is 0. The number of halogens is 2. The number of nitro groups is 1. The zero-order valence-corrected chi connectivity index (χ0v) is 11.1. The van der Waals surface area contributed by atoms with Gasteiger partial charge in [-0.15, -0.1) is 0 Å². The Labute approximate surface area is 118 Å².